The number of benzene rings is 2. The lowest BCUT2D eigenvalue weighted by Gasteiger charge is -2.22. The number of hydrogen-bond acceptors (Lipinski definition) is 6. The summed E-state index contributed by atoms with van der Waals surface area (Å²) in [6, 6.07) is 11.7. The van der Waals surface area contributed by atoms with E-state index >= 15 is 0 Å². The van der Waals surface area contributed by atoms with Gasteiger partial charge in [0.25, 0.3) is 11.6 Å². The number of rotatable bonds is 6. The van der Waals surface area contributed by atoms with E-state index in [2.05, 4.69) is 10.6 Å². The maximum atomic E-state index is 12.8. The van der Waals surface area contributed by atoms with E-state index in [0.29, 0.717) is 5.56 Å². The topological polar surface area (TPSA) is 131 Å². The standard InChI is InChI=1S/C19H18N4O6/c1-19(12-6-4-3-5-7-12)17(25)22(18(26)21-19)11-16(24)20-14-9-8-13(23(27)28)10-15(14)29-2/h3-10H,11H2,1-2H3,(H,20,24)(H,21,26). The van der Waals surface area contributed by atoms with Crippen molar-refractivity contribution in [2.45, 2.75) is 12.5 Å². The number of imide groups is 1. The molecule has 2 aromatic rings. The Morgan fingerprint density at radius 3 is 2.55 bits per heavy atom. The average Bonchev–Trinajstić information content (AvgIpc) is 2.92. The molecule has 0 saturated carbocycles. The molecule has 0 aliphatic carbocycles. The van der Waals surface area contributed by atoms with Crippen LogP contribution in [0.1, 0.15) is 12.5 Å². The van der Waals surface area contributed by atoms with Gasteiger partial charge in [-0.3, -0.25) is 24.6 Å². The van der Waals surface area contributed by atoms with Gasteiger partial charge < -0.3 is 15.4 Å². The fourth-order valence-electron chi connectivity index (χ4n) is 3.04. The van der Waals surface area contributed by atoms with Crippen LogP contribution in [0.25, 0.3) is 0 Å². The number of carbonyl (C=O) groups is 3. The van der Waals surface area contributed by atoms with Gasteiger partial charge in [0.15, 0.2) is 0 Å². The molecule has 2 aromatic carbocycles. The molecule has 0 spiro atoms. The number of nitrogens with one attached hydrogen (secondary N) is 2. The maximum absolute atomic E-state index is 12.8. The van der Waals surface area contributed by atoms with Gasteiger partial charge in [-0.2, -0.15) is 0 Å². The Kier molecular flexibility index (Phi) is 5.18. The zero-order chi connectivity index (χ0) is 21.2. The maximum Gasteiger partial charge on any atom is 0.325 e. The number of ether oxygens (including phenoxy) is 1. The van der Waals surface area contributed by atoms with E-state index in [4.69, 9.17) is 4.74 Å². The summed E-state index contributed by atoms with van der Waals surface area (Å²) in [6.07, 6.45) is 0. The molecule has 2 N–H and O–H groups in total. The molecule has 3 rings (SSSR count). The van der Waals surface area contributed by atoms with Gasteiger partial charge in [0.1, 0.15) is 17.8 Å². The summed E-state index contributed by atoms with van der Waals surface area (Å²) in [4.78, 5) is 48.7. The summed E-state index contributed by atoms with van der Waals surface area (Å²) < 4.78 is 5.06. The van der Waals surface area contributed by atoms with Gasteiger partial charge in [-0.15, -0.1) is 0 Å². The summed E-state index contributed by atoms with van der Waals surface area (Å²) in [7, 11) is 1.30. The zero-order valence-electron chi connectivity index (χ0n) is 15.7. The van der Waals surface area contributed by atoms with Crippen LogP contribution in [0.2, 0.25) is 0 Å². The van der Waals surface area contributed by atoms with Gasteiger partial charge in [0, 0.05) is 6.07 Å². The molecule has 4 amide bonds. The largest absolute Gasteiger partial charge is 0.494 e. The predicted octanol–water partition coefficient (Wildman–Crippen LogP) is 2.01. The lowest BCUT2D eigenvalue weighted by atomic mass is 9.92. The normalized spacial score (nSPS) is 18.3. The van der Waals surface area contributed by atoms with Crippen LogP contribution in [-0.4, -0.2) is 41.3 Å². The first-order valence-corrected chi connectivity index (χ1v) is 8.58. The third kappa shape index (κ3) is 3.72. The van der Waals surface area contributed by atoms with E-state index in [0.717, 1.165) is 11.0 Å². The second-order valence-electron chi connectivity index (χ2n) is 6.50. The van der Waals surface area contributed by atoms with Crippen LogP contribution in [0.4, 0.5) is 16.2 Å². The molecule has 0 bridgehead atoms. The number of nitro groups is 1. The summed E-state index contributed by atoms with van der Waals surface area (Å²) in [6.45, 7) is 1.05. The van der Waals surface area contributed by atoms with E-state index in [9.17, 15) is 24.5 Å². The first-order valence-electron chi connectivity index (χ1n) is 8.58. The molecule has 10 heteroatoms. The molecule has 29 heavy (non-hydrogen) atoms. The highest BCUT2D eigenvalue weighted by atomic mass is 16.6. The first-order chi connectivity index (χ1) is 13.8. The minimum absolute atomic E-state index is 0.0823. The molecular weight excluding hydrogens is 380 g/mol. The Labute approximate surface area is 165 Å². The molecule has 1 atom stereocenters. The van der Waals surface area contributed by atoms with E-state index < -0.39 is 34.9 Å². The van der Waals surface area contributed by atoms with E-state index in [1.54, 1.807) is 37.3 Å². The van der Waals surface area contributed by atoms with Gasteiger partial charge in [0.05, 0.1) is 23.8 Å². The molecule has 1 fully saturated rings. The molecule has 1 saturated heterocycles. The number of amides is 4. The van der Waals surface area contributed by atoms with Crippen LogP contribution in [0.5, 0.6) is 5.75 Å². The number of anilines is 1. The van der Waals surface area contributed by atoms with Crippen molar-refractivity contribution in [2.24, 2.45) is 0 Å². The molecular formula is C19H18N4O6. The molecule has 0 radical (unpaired) electrons. The van der Waals surface area contributed by atoms with Gasteiger partial charge >= 0.3 is 6.03 Å². The number of non-ortho nitro benzene ring substituents is 1. The minimum Gasteiger partial charge on any atom is -0.494 e. The van der Waals surface area contributed by atoms with Crippen molar-refractivity contribution < 1.29 is 24.0 Å². The average molecular weight is 398 g/mol. The predicted molar refractivity (Wildman–Crippen MR) is 102 cm³/mol. The van der Waals surface area contributed by atoms with Crippen LogP contribution in [0, 0.1) is 10.1 Å². The summed E-state index contributed by atoms with van der Waals surface area (Å²) in [5.41, 5.74) is -0.698. The number of nitro benzene ring substituents is 1. The highest BCUT2D eigenvalue weighted by molar-refractivity contribution is 6.10. The van der Waals surface area contributed by atoms with Crippen molar-refractivity contribution >= 4 is 29.2 Å². The third-order valence-electron chi connectivity index (χ3n) is 4.60. The minimum atomic E-state index is -1.27. The lowest BCUT2D eigenvalue weighted by Crippen LogP contribution is -2.42. The highest BCUT2D eigenvalue weighted by Crippen LogP contribution is 2.30. The van der Waals surface area contributed by atoms with E-state index in [1.807, 2.05) is 0 Å². The molecule has 1 aliphatic rings. The van der Waals surface area contributed by atoms with Gasteiger partial charge in [-0.05, 0) is 18.6 Å². The molecule has 1 aliphatic heterocycles. The summed E-state index contributed by atoms with van der Waals surface area (Å²) in [5, 5.41) is 16.0. The number of methoxy groups -OCH3 is 1. The summed E-state index contributed by atoms with van der Waals surface area (Å²) >= 11 is 0. The molecule has 10 nitrogen and oxygen atoms in total. The number of nitrogens with zero attached hydrogens (tertiary/aromatic N) is 2. The number of urea groups is 1. The third-order valence-corrected chi connectivity index (χ3v) is 4.60. The smallest absolute Gasteiger partial charge is 0.325 e. The van der Waals surface area contributed by atoms with E-state index in [-0.39, 0.29) is 17.1 Å². The van der Waals surface area contributed by atoms with Crippen LogP contribution in [-0.2, 0) is 15.1 Å². The highest BCUT2D eigenvalue weighted by Gasteiger charge is 2.49. The Balaban J connectivity index is 1.75. The second-order valence-corrected chi connectivity index (χ2v) is 6.50. The molecule has 0 aromatic heterocycles. The summed E-state index contributed by atoms with van der Waals surface area (Å²) in [5.74, 6) is -1.13. The van der Waals surface area contributed by atoms with Crippen molar-refractivity contribution in [1.82, 2.24) is 10.2 Å². The Morgan fingerprint density at radius 2 is 1.93 bits per heavy atom. The molecule has 1 heterocycles. The van der Waals surface area contributed by atoms with Crippen LogP contribution >= 0.6 is 0 Å². The lowest BCUT2D eigenvalue weighted by molar-refractivity contribution is -0.384. The van der Waals surface area contributed by atoms with Crippen LogP contribution < -0.4 is 15.4 Å². The molecule has 1 unspecified atom stereocenters. The second kappa shape index (κ2) is 7.58. The van der Waals surface area contributed by atoms with Crippen molar-refractivity contribution in [3.05, 3.63) is 64.2 Å². The molecule has 150 valence electrons. The fourth-order valence-corrected chi connectivity index (χ4v) is 3.04. The monoisotopic (exact) mass is 398 g/mol. The SMILES string of the molecule is COc1cc([N+](=O)[O-])ccc1NC(=O)CN1C(=O)NC(C)(c2ccccc2)C1=O. The van der Waals surface area contributed by atoms with Crippen molar-refractivity contribution in [3.8, 4) is 5.75 Å². The number of carbonyl (C=O) groups excluding carboxylic acids is 3. The van der Waals surface area contributed by atoms with Gasteiger partial charge in [0.2, 0.25) is 5.91 Å². The van der Waals surface area contributed by atoms with Crippen LogP contribution in [0.3, 0.4) is 0 Å². The Hall–Kier alpha value is -3.95. The Morgan fingerprint density at radius 1 is 1.24 bits per heavy atom. The zero-order valence-corrected chi connectivity index (χ0v) is 15.7. The van der Waals surface area contributed by atoms with Crippen molar-refractivity contribution in [1.29, 1.82) is 0 Å². The van der Waals surface area contributed by atoms with Crippen molar-refractivity contribution in [2.75, 3.05) is 19.0 Å². The van der Waals surface area contributed by atoms with Gasteiger partial charge in [-0.25, -0.2) is 4.79 Å². The Bertz CT molecular complexity index is 993. The first kappa shape index (κ1) is 19.8. The number of hydrogen-bond donors (Lipinski definition) is 2. The fraction of sp³-hybridized carbons (Fsp3) is 0.211. The van der Waals surface area contributed by atoms with Crippen LogP contribution in [0.15, 0.2) is 48.5 Å². The quantitative estimate of drug-likeness (QED) is 0.435. The van der Waals surface area contributed by atoms with E-state index in [1.165, 1.54) is 19.2 Å². The van der Waals surface area contributed by atoms with Crippen molar-refractivity contribution in [3.63, 3.8) is 0 Å². The van der Waals surface area contributed by atoms with Gasteiger partial charge in [-0.1, -0.05) is 30.3 Å².